The number of carbonyl (C=O) groups excluding carboxylic acids is 1. The van der Waals surface area contributed by atoms with Gasteiger partial charge in [-0.3, -0.25) is 9.69 Å². The molecule has 1 fully saturated rings. The van der Waals surface area contributed by atoms with Gasteiger partial charge in [-0.05, 0) is 86.3 Å². The molecule has 3 aromatic rings. The van der Waals surface area contributed by atoms with Crippen LogP contribution >= 0.6 is 0 Å². The van der Waals surface area contributed by atoms with Crippen molar-refractivity contribution >= 4 is 5.91 Å². The molecule has 0 unspecified atom stereocenters. The Kier molecular flexibility index (Phi) is 7.98. The van der Waals surface area contributed by atoms with Crippen molar-refractivity contribution in [2.75, 3.05) is 34.4 Å². The monoisotopic (exact) mass is 478 g/mol. The average Bonchev–Trinajstić information content (AvgIpc) is 3.43. The number of amides is 1. The number of nitrogens with zero attached hydrogens (tertiary/aromatic N) is 2. The minimum absolute atomic E-state index is 0.0204. The second kappa shape index (κ2) is 11.3. The molecule has 0 aliphatic carbocycles. The summed E-state index contributed by atoms with van der Waals surface area (Å²) in [7, 11) is 5.17. The van der Waals surface area contributed by atoms with E-state index >= 15 is 0 Å². The van der Waals surface area contributed by atoms with Crippen molar-refractivity contribution in [1.29, 1.82) is 0 Å². The van der Waals surface area contributed by atoms with E-state index in [1.165, 1.54) is 6.26 Å². The Labute approximate surface area is 206 Å². The summed E-state index contributed by atoms with van der Waals surface area (Å²) in [6.07, 6.45) is 4.18. The van der Waals surface area contributed by atoms with Crippen LogP contribution in [0.3, 0.4) is 0 Å². The van der Waals surface area contributed by atoms with E-state index in [9.17, 15) is 9.90 Å². The second-order valence-corrected chi connectivity index (χ2v) is 9.12. The number of furan rings is 1. The van der Waals surface area contributed by atoms with Crippen LogP contribution in [0.25, 0.3) is 0 Å². The fourth-order valence-corrected chi connectivity index (χ4v) is 4.94. The highest BCUT2D eigenvalue weighted by atomic mass is 16.5. The van der Waals surface area contributed by atoms with Crippen molar-refractivity contribution in [3.8, 4) is 17.2 Å². The number of ether oxygens (including phenoxy) is 2. The second-order valence-electron chi connectivity index (χ2n) is 9.12. The number of piperidine rings is 1. The van der Waals surface area contributed by atoms with Gasteiger partial charge in [0.25, 0.3) is 5.91 Å². The minimum atomic E-state index is -0.105. The Hall–Kier alpha value is -3.45. The van der Waals surface area contributed by atoms with Gasteiger partial charge >= 0.3 is 0 Å². The number of phenols is 1. The highest BCUT2D eigenvalue weighted by molar-refractivity contribution is 5.91. The largest absolute Gasteiger partial charge is 0.508 e. The van der Waals surface area contributed by atoms with Crippen molar-refractivity contribution in [2.24, 2.45) is 5.92 Å². The molecular weight excluding hydrogens is 444 g/mol. The molecule has 7 nitrogen and oxygen atoms in total. The van der Waals surface area contributed by atoms with E-state index in [0.29, 0.717) is 18.2 Å². The first-order chi connectivity index (χ1) is 17.0. The van der Waals surface area contributed by atoms with Gasteiger partial charge in [-0.1, -0.05) is 12.1 Å². The molecule has 4 rings (SSSR count). The van der Waals surface area contributed by atoms with E-state index in [4.69, 9.17) is 13.9 Å². The normalized spacial score (nSPS) is 15.5. The van der Waals surface area contributed by atoms with Crippen LogP contribution in [0.2, 0.25) is 0 Å². The Morgan fingerprint density at radius 3 is 2.51 bits per heavy atom. The summed E-state index contributed by atoms with van der Waals surface area (Å²) in [6, 6.07) is 16.9. The Morgan fingerprint density at radius 2 is 1.83 bits per heavy atom. The zero-order valence-electron chi connectivity index (χ0n) is 20.6. The zero-order valence-corrected chi connectivity index (χ0v) is 20.6. The molecule has 1 aromatic heterocycles. The minimum Gasteiger partial charge on any atom is -0.508 e. The van der Waals surface area contributed by atoms with Crippen LogP contribution < -0.4 is 9.47 Å². The first-order valence-electron chi connectivity index (χ1n) is 12.0. The van der Waals surface area contributed by atoms with E-state index in [1.807, 2.05) is 36.2 Å². The maximum absolute atomic E-state index is 13.2. The van der Waals surface area contributed by atoms with E-state index < -0.39 is 0 Å². The summed E-state index contributed by atoms with van der Waals surface area (Å²) in [5.41, 5.74) is 2.00. The topological polar surface area (TPSA) is 75.4 Å². The van der Waals surface area contributed by atoms with Crippen LogP contribution in [0.1, 0.15) is 34.5 Å². The molecule has 0 saturated carbocycles. The number of aromatic hydroxyl groups is 1. The molecule has 7 heteroatoms. The summed E-state index contributed by atoms with van der Waals surface area (Å²) in [5.74, 6) is 2.42. The number of hydrogen-bond donors (Lipinski definition) is 1. The summed E-state index contributed by atoms with van der Waals surface area (Å²) >= 11 is 0. The third kappa shape index (κ3) is 5.98. The lowest BCUT2D eigenvalue weighted by Crippen LogP contribution is -2.47. The summed E-state index contributed by atoms with van der Waals surface area (Å²) in [5, 5.41) is 10.3. The van der Waals surface area contributed by atoms with Crippen LogP contribution in [0.15, 0.2) is 65.3 Å². The van der Waals surface area contributed by atoms with Gasteiger partial charge in [0, 0.05) is 25.2 Å². The summed E-state index contributed by atoms with van der Waals surface area (Å²) in [6.45, 7) is 2.44. The molecule has 0 bridgehead atoms. The lowest BCUT2D eigenvalue weighted by molar-refractivity contribution is 0.0555. The molecule has 2 aromatic carbocycles. The maximum atomic E-state index is 13.2. The fourth-order valence-electron chi connectivity index (χ4n) is 4.94. The predicted molar refractivity (Wildman–Crippen MR) is 134 cm³/mol. The van der Waals surface area contributed by atoms with Gasteiger partial charge in [0.1, 0.15) is 17.2 Å². The van der Waals surface area contributed by atoms with Crippen molar-refractivity contribution < 1.29 is 23.8 Å². The maximum Gasteiger partial charge on any atom is 0.289 e. The van der Waals surface area contributed by atoms with Crippen LogP contribution in [0.4, 0.5) is 0 Å². The lowest BCUT2D eigenvalue weighted by atomic mass is 9.84. The van der Waals surface area contributed by atoms with Crippen molar-refractivity contribution in [1.82, 2.24) is 9.80 Å². The third-order valence-electron chi connectivity index (χ3n) is 6.99. The van der Waals surface area contributed by atoms with Gasteiger partial charge in [-0.15, -0.1) is 0 Å². The Balaban J connectivity index is 1.48. The molecule has 1 N–H and O–H groups in total. The van der Waals surface area contributed by atoms with Gasteiger partial charge in [0.05, 0.1) is 20.5 Å². The first kappa shape index (κ1) is 24.7. The molecule has 186 valence electrons. The quantitative estimate of drug-likeness (QED) is 0.485. The highest BCUT2D eigenvalue weighted by Gasteiger charge is 2.33. The molecule has 0 spiro atoms. The molecule has 35 heavy (non-hydrogen) atoms. The summed E-state index contributed by atoms with van der Waals surface area (Å²) < 4.78 is 16.1. The molecule has 1 aliphatic heterocycles. The Bertz CT molecular complexity index is 1110. The number of methoxy groups -OCH3 is 2. The standard InChI is InChI=1S/C28H34N2O5/c1-29(28(32)27-8-5-15-35-27)25(17-20-6-4-7-23(16-20)33-2)21-11-13-30(14-12-21)19-22-18-24(34-3)9-10-26(22)31/h4-10,15-16,18,21,25,31H,11-14,17,19H2,1-3H3/t25-/m0/s1. The molecule has 1 amide bonds. The third-order valence-corrected chi connectivity index (χ3v) is 6.99. The predicted octanol–water partition coefficient (Wildman–Crippen LogP) is 4.60. The van der Waals surface area contributed by atoms with Crippen LogP contribution in [-0.2, 0) is 13.0 Å². The molecular formula is C28H34N2O5. The van der Waals surface area contributed by atoms with Crippen LogP contribution in [0, 0.1) is 5.92 Å². The zero-order chi connectivity index (χ0) is 24.8. The van der Waals surface area contributed by atoms with Crippen LogP contribution in [0.5, 0.6) is 17.2 Å². The molecule has 1 atom stereocenters. The number of carbonyl (C=O) groups is 1. The van der Waals surface area contributed by atoms with Crippen LogP contribution in [-0.4, -0.2) is 61.2 Å². The first-order valence-corrected chi connectivity index (χ1v) is 12.0. The van der Waals surface area contributed by atoms with E-state index in [1.54, 1.807) is 38.5 Å². The number of hydrogen-bond acceptors (Lipinski definition) is 6. The van der Waals surface area contributed by atoms with E-state index in [0.717, 1.165) is 55.0 Å². The average molecular weight is 479 g/mol. The number of phenolic OH excluding ortho intramolecular Hbond substituents is 1. The molecule has 1 aliphatic rings. The van der Waals surface area contributed by atoms with Gasteiger partial charge in [-0.25, -0.2) is 0 Å². The van der Waals surface area contributed by atoms with Crippen molar-refractivity contribution in [2.45, 2.75) is 31.8 Å². The number of likely N-dealkylation sites (N-methyl/N-ethyl adjacent to an activating group) is 1. The Morgan fingerprint density at radius 1 is 1.09 bits per heavy atom. The van der Waals surface area contributed by atoms with Crippen molar-refractivity contribution in [3.63, 3.8) is 0 Å². The SMILES string of the molecule is COc1cccc(C[C@@H](C2CCN(Cc3cc(OC)ccc3O)CC2)N(C)C(=O)c2ccco2)c1. The molecule has 1 saturated heterocycles. The van der Waals surface area contributed by atoms with E-state index in [-0.39, 0.29) is 17.7 Å². The number of benzene rings is 2. The smallest absolute Gasteiger partial charge is 0.289 e. The van der Waals surface area contributed by atoms with Crippen molar-refractivity contribution in [3.05, 3.63) is 77.7 Å². The van der Waals surface area contributed by atoms with Gasteiger partial charge < -0.3 is 23.9 Å². The van der Waals surface area contributed by atoms with Gasteiger partial charge in [0.2, 0.25) is 0 Å². The molecule has 2 heterocycles. The van der Waals surface area contributed by atoms with E-state index in [2.05, 4.69) is 11.0 Å². The highest BCUT2D eigenvalue weighted by Crippen LogP contribution is 2.30. The summed E-state index contributed by atoms with van der Waals surface area (Å²) in [4.78, 5) is 17.4. The number of likely N-dealkylation sites (tertiary alicyclic amines) is 1. The number of rotatable bonds is 9. The van der Waals surface area contributed by atoms with Gasteiger partial charge in [0.15, 0.2) is 5.76 Å². The fraction of sp³-hybridized carbons (Fsp3) is 0.393. The molecule has 0 radical (unpaired) electrons. The lowest BCUT2D eigenvalue weighted by Gasteiger charge is -2.40. The van der Waals surface area contributed by atoms with Gasteiger partial charge in [-0.2, -0.15) is 0 Å².